The first-order chi connectivity index (χ1) is 13.6. The minimum atomic E-state index is -0.0323. The van der Waals surface area contributed by atoms with Crippen molar-refractivity contribution in [2.75, 3.05) is 20.6 Å². The van der Waals surface area contributed by atoms with E-state index in [1.807, 2.05) is 6.07 Å². The predicted molar refractivity (Wildman–Crippen MR) is 123 cm³/mol. The Balaban J connectivity index is 0.00000300. The van der Waals surface area contributed by atoms with Gasteiger partial charge in [-0.25, -0.2) is 4.79 Å². The molecule has 158 valence electrons. The van der Waals surface area contributed by atoms with Crippen LogP contribution in [0.15, 0.2) is 60.7 Å². The zero-order chi connectivity index (χ0) is 19.8. The van der Waals surface area contributed by atoms with Crippen molar-refractivity contribution in [1.29, 1.82) is 0 Å². The summed E-state index contributed by atoms with van der Waals surface area (Å²) in [5.74, 6) is 0. The van der Waals surface area contributed by atoms with Gasteiger partial charge in [0.1, 0.15) is 0 Å². The Bertz CT molecular complexity index is 728. The topological polar surface area (TPSA) is 44.4 Å². The molecule has 0 saturated heterocycles. The van der Waals surface area contributed by atoms with Crippen molar-refractivity contribution in [3.8, 4) is 0 Å². The van der Waals surface area contributed by atoms with E-state index in [-0.39, 0.29) is 30.0 Å². The van der Waals surface area contributed by atoms with Crippen LogP contribution in [0.2, 0.25) is 0 Å². The third kappa shape index (κ3) is 6.22. The summed E-state index contributed by atoms with van der Waals surface area (Å²) < 4.78 is 0. The largest absolute Gasteiger partial charge is 0.338 e. The second-order valence-electron chi connectivity index (χ2n) is 8.06. The number of nitrogens with zero attached hydrogens (tertiary/aromatic N) is 1. The summed E-state index contributed by atoms with van der Waals surface area (Å²) in [6, 6.07) is 21.4. The van der Waals surface area contributed by atoms with Gasteiger partial charge in [0.15, 0.2) is 0 Å². The monoisotopic (exact) mass is 415 g/mol. The van der Waals surface area contributed by atoms with Crippen LogP contribution in [0.3, 0.4) is 0 Å². The van der Waals surface area contributed by atoms with Gasteiger partial charge in [0.2, 0.25) is 0 Å². The van der Waals surface area contributed by atoms with Crippen LogP contribution in [0.4, 0.5) is 4.79 Å². The molecule has 1 aliphatic rings. The van der Waals surface area contributed by atoms with Crippen LogP contribution in [0.25, 0.3) is 0 Å². The molecule has 0 aromatic heterocycles. The molecule has 0 unspecified atom stereocenters. The fourth-order valence-electron chi connectivity index (χ4n) is 4.36. The number of nitrogens with one attached hydrogen (secondary N) is 2. The van der Waals surface area contributed by atoms with Crippen LogP contribution in [0.1, 0.15) is 43.2 Å². The number of amides is 2. The maximum atomic E-state index is 12.3. The summed E-state index contributed by atoms with van der Waals surface area (Å²) >= 11 is 0. The Morgan fingerprint density at radius 1 is 1.00 bits per heavy atom. The number of halogens is 1. The molecule has 2 amide bonds. The highest BCUT2D eigenvalue weighted by Crippen LogP contribution is 2.40. The van der Waals surface area contributed by atoms with Crippen LogP contribution >= 0.6 is 12.4 Å². The number of rotatable bonds is 7. The van der Waals surface area contributed by atoms with Gasteiger partial charge in [0.25, 0.3) is 0 Å². The molecule has 1 aliphatic carbocycles. The molecular formula is C24H34ClN3O. The first-order valence-electron chi connectivity index (χ1n) is 10.4. The number of carbonyl (C=O) groups is 1. The average Bonchev–Trinajstić information content (AvgIpc) is 2.73. The van der Waals surface area contributed by atoms with Crippen LogP contribution in [0, 0.1) is 0 Å². The molecule has 0 heterocycles. The third-order valence-corrected chi connectivity index (χ3v) is 6.09. The molecule has 0 atom stereocenters. The molecule has 2 aromatic rings. The molecule has 1 saturated carbocycles. The summed E-state index contributed by atoms with van der Waals surface area (Å²) in [5, 5.41) is 6.19. The van der Waals surface area contributed by atoms with Gasteiger partial charge in [-0.3, -0.25) is 4.90 Å². The van der Waals surface area contributed by atoms with Crippen molar-refractivity contribution in [3.63, 3.8) is 0 Å². The molecule has 0 spiro atoms. The van der Waals surface area contributed by atoms with Crippen LogP contribution in [0.5, 0.6) is 0 Å². The van der Waals surface area contributed by atoms with E-state index in [4.69, 9.17) is 0 Å². The third-order valence-electron chi connectivity index (χ3n) is 6.09. The Kier molecular flexibility index (Phi) is 8.99. The van der Waals surface area contributed by atoms with E-state index in [0.29, 0.717) is 6.54 Å². The number of benzene rings is 2. The van der Waals surface area contributed by atoms with Gasteiger partial charge in [-0.1, -0.05) is 60.7 Å². The molecule has 2 N–H and O–H groups in total. The molecule has 0 bridgehead atoms. The maximum Gasteiger partial charge on any atom is 0.315 e. The van der Waals surface area contributed by atoms with E-state index in [2.05, 4.69) is 84.2 Å². The maximum absolute atomic E-state index is 12.3. The van der Waals surface area contributed by atoms with Crippen molar-refractivity contribution < 1.29 is 4.79 Å². The lowest BCUT2D eigenvalue weighted by Crippen LogP contribution is -2.50. The zero-order valence-electron chi connectivity index (χ0n) is 17.6. The molecule has 29 heavy (non-hydrogen) atoms. The van der Waals surface area contributed by atoms with Crippen molar-refractivity contribution in [1.82, 2.24) is 15.5 Å². The highest BCUT2D eigenvalue weighted by Gasteiger charge is 2.38. The molecule has 0 radical (unpaired) electrons. The highest BCUT2D eigenvalue weighted by atomic mass is 35.5. The SMILES string of the molecule is CN(C)C1(c2ccccc2)CCC(NC(=O)NCCCc2ccccc2)CC1.Cl. The molecule has 2 aromatic carbocycles. The average molecular weight is 416 g/mol. The molecule has 4 nitrogen and oxygen atoms in total. The van der Waals surface area contributed by atoms with Gasteiger partial charge >= 0.3 is 6.03 Å². The van der Waals surface area contributed by atoms with E-state index >= 15 is 0 Å². The summed E-state index contributed by atoms with van der Waals surface area (Å²) in [6.45, 7) is 0.707. The molecule has 0 aliphatic heterocycles. The molecule has 5 heteroatoms. The Hall–Kier alpha value is -2.04. The number of aryl methyl sites for hydroxylation is 1. The smallest absolute Gasteiger partial charge is 0.315 e. The minimum Gasteiger partial charge on any atom is -0.338 e. The standard InChI is InChI=1S/C24H33N3O.ClH/c1-27(2)24(21-13-7-4-8-14-21)17-15-22(16-18-24)26-23(28)25-19-9-12-20-10-5-3-6-11-20;/h3-8,10-11,13-14,22H,9,12,15-19H2,1-2H3,(H2,25,26,28);1H. The molecular weight excluding hydrogens is 382 g/mol. The van der Waals surface area contributed by atoms with Crippen molar-refractivity contribution in [2.45, 2.75) is 50.1 Å². The van der Waals surface area contributed by atoms with Crippen molar-refractivity contribution in [2.24, 2.45) is 0 Å². The van der Waals surface area contributed by atoms with E-state index in [1.54, 1.807) is 0 Å². The summed E-state index contributed by atoms with van der Waals surface area (Å²) in [5.41, 5.74) is 2.77. The van der Waals surface area contributed by atoms with Crippen LogP contribution in [-0.2, 0) is 12.0 Å². The quantitative estimate of drug-likeness (QED) is 0.641. The van der Waals surface area contributed by atoms with Crippen molar-refractivity contribution >= 4 is 18.4 Å². The second-order valence-corrected chi connectivity index (χ2v) is 8.06. The number of hydrogen-bond acceptors (Lipinski definition) is 2. The normalized spacial score (nSPS) is 21.3. The number of carbonyl (C=O) groups excluding carboxylic acids is 1. The summed E-state index contributed by atoms with van der Waals surface area (Å²) in [4.78, 5) is 14.6. The lowest BCUT2D eigenvalue weighted by molar-refractivity contribution is 0.0870. The van der Waals surface area contributed by atoms with Gasteiger partial charge in [-0.15, -0.1) is 12.4 Å². The van der Waals surface area contributed by atoms with Crippen LogP contribution in [-0.4, -0.2) is 37.6 Å². The Morgan fingerprint density at radius 3 is 2.17 bits per heavy atom. The van der Waals surface area contributed by atoms with Crippen molar-refractivity contribution in [3.05, 3.63) is 71.8 Å². The lowest BCUT2D eigenvalue weighted by Gasteiger charge is -2.45. The summed E-state index contributed by atoms with van der Waals surface area (Å²) in [6.07, 6.45) is 6.08. The first-order valence-corrected chi connectivity index (χ1v) is 10.4. The molecule has 1 fully saturated rings. The second kappa shape index (κ2) is 11.2. The van der Waals surface area contributed by atoms with E-state index < -0.39 is 0 Å². The molecule has 3 rings (SSSR count). The van der Waals surface area contributed by atoms with E-state index in [9.17, 15) is 4.79 Å². The highest BCUT2D eigenvalue weighted by molar-refractivity contribution is 5.85. The number of hydrogen-bond donors (Lipinski definition) is 2. The van der Waals surface area contributed by atoms with Gasteiger partial charge in [0, 0.05) is 18.1 Å². The van der Waals surface area contributed by atoms with Gasteiger partial charge in [-0.2, -0.15) is 0 Å². The van der Waals surface area contributed by atoms with Gasteiger partial charge < -0.3 is 10.6 Å². The lowest BCUT2D eigenvalue weighted by atomic mass is 9.74. The predicted octanol–water partition coefficient (Wildman–Crippen LogP) is 4.74. The van der Waals surface area contributed by atoms with Gasteiger partial charge in [0.05, 0.1) is 0 Å². The van der Waals surface area contributed by atoms with Crippen LogP contribution < -0.4 is 10.6 Å². The number of urea groups is 1. The Morgan fingerprint density at radius 2 is 1.59 bits per heavy atom. The van der Waals surface area contributed by atoms with Gasteiger partial charge in [-0.05, 0) is 63.7 Å². The minimum absolute atomic E-state index is 0. The zero-order valence-corrected chi connectivity index (χ0v) is 18.4. The van der Waals surface area contributed by atoms with E-state index in [1.165, 1.54) is 11.1 Å². The van der Waals surface area contributed by atoms with E-state index in [0.717, 1.165) is 38.5 Å². The Labute approximate surface area is 181 Å². The fraction of sp³-hybridized carbons (Fsp3) is 0.458. The summed E-state index contributed by atoms with van der Waals surface area (Å²) in [7, 11) is 4.33. The first kappa shape index (κ1) is 23.2. The fourth-order valence-corrected chi connectivity index (χ4v) is 4.36.